The second kappa shape index (κ2) is 6.75. The summed E-state index contributed by atoms with van der Waals surface area (Å²) in [5, 5.41) is 29.7. The molecule has 0 aliphatic heterocycles. The van der Waals surface area contributed by atoms with E-state index >= 15 is 0 Å². The summed E-state index contributed by atoms with van der Waals surface area (Å²) in [6.45, 7) is 1.84. The highest BCUT2D eigenvalue weighted by molar-refractivity contribution is 6.34. The Morgan fingerprint density at radius 3 is 2.78 bits per heavy atom. The first-order valence-electron chi connectivity index (χ1n) is 8.35. The lowest BCUT2D eigenvalue weighted by Crippen LogP contribution is -2.11. The summed E-state index contributed by atoms with van der Waals surface area (Å²) in [6.07, 6.45) is 5.41. The number of hydrogen-bond donors (Lipinski definition) is 2. The number of nitriles is 2. The van der Waals surface area contributed by atoms with E-state index < -0.39 is 0 Å². The molecule has 1 radical (unpaired) electrons. The first kappa shape index (κ1) is 17.1. The molecule has 1 aromatic carbocycles. The van der Waals surface area contributed by atoms with Gasteiger partial charge in [-0.15, -0.1) is 5.10 Å². The van der Waals surface area contributed by atoms with Crippen molar-refractivity contribution in [1.82, 2.24) is 19.6 Å². The number of imidazole rings is 1. The third-order valence-corrected chi connectivity index (χ3v) is 4.60. The molecule has 133 valence electrons. The summed E-state index contributed by atoms with van der Waals surface area (Å²) in [4.78, 5) is 8.74. The van der Waals surface area contributed by atoms with Gasteiger partial charge in [-0.05, 0) is 37.0 Å². The monoisotopic (exact) mass is 377 g/mol. The summed E-state index contributed by atoms with van der Waals surface area (Å²) >= 11 is 6.43. The molecule has 8 nitrogen and oxygen atoms in total. The topological polar surface area (TPSA) is 115 Å². The minimum absolute atomic E-state index is 0.249. The zero-order valence-electron chi connectivity index (χ0n) is 14.4. The number of nitrogens with zero attached hydrogens (tertiary/aromatic N) is 6. The Balaban J connectivity index is 1.80. The number of fused-ring (bicyclic) bond motifs is 1. The number of benzene rings is 1. The number of hydrogen-bond acceptors (Lipinski definition) is 7. The summed E-state index contributed by atoms with van der Waals surface area (Å²) in [5.74, 6) is 0.797. The Labute approximate surface area is 160 Å². The fourth-order valence-electron chi connectivity index (χ4n) is 2.66. The molecule has 2 heterocycles. The molecule has 1 saturated carbocycles. The quantitative estimate of drug-likeness (QED) is 0.699. The van der Waals surface area contributed by atoms with Crippen LogP contribution in [0.15, 0.2) is 18.3 Å². The van der Waals surface area contributed by atoms with Crippen molar-refractivity contribution in [3.63, 3.8) is 0 Å². The number of rotatable bonds is 5. The standard InChI is InChI=1S/C18H14ClN8/c1-2-11-5-10(7-20)6-14(15(11)19)24-18-25-16(23-12-3-4-12)17-22-9-13(8-21)27(17)26-18/h2,5-6,9,12H,3-4H2,1H3,(H2,23,24,25,26). The van der Waals surface area contributed by atoms with Crippen LogP contribution in [-0.2, 0) is 0 Å². The van der Waals surface area contributed by atoms with Gasteiger partial charge in [0.05, 0.1) is 28.5 Å². The third-order valence-electron chi connectivity index (χ3n) is 4.18. The fourth-order valence-corrected chi connectivity index (χ4v) is 2.93. The second-order valence-electron chi connectivity index (χ2n) is 6.15. The molecule has 27 heavy (non-hydrogen) atoms. The number of nitrogens with one attached hydrogen (secondary N) is 2. The van der Waals surface area contributed by atoms with Gasteiger partial charge in [0.2, 0.25) is 5.95 Å². The van der Waals surface area contributed by atoms with Crippen LogP contribution in [-0.4, -0.2) is 25.6 Å². The summed E-state index contributed by atoms with van der Waals surface area (Å²) in [7, 11) is 0. The van der Waals surface area contributed by atoms with Gasteiger partial charge in [-0.1, -0.05) is 18.5 Å². The molecule has 1 aliphatic rings. The largest absolute Gasteiger partial charge is 0.364 e. The Hall–Kier alpha value is -3.36. The SMILES string of the molecule is C[CH]c1cc(C#N)cc(Nc2nc(NC3CC3)c3ncc(C#N)n3n2)c1Cl. The lowest BCUT2D eigenvalue weighted by Gasteiger charge is -2.12. The Morgan fingerprint density at radius 2 is 2.11 bits per heavy atom. The lowest BCUT2D eigenvalue weighted by molar-refractivity contribution is 0.891. The van der Waals surface area contributed by atoms with Gasteiger partial charge in [-0.25, -0.2) is 4.98 Å². The third kappa shape index (κ3) is 3.23. The predicted octanol–water partition coefficient (Wildman–Crippen LogP) is 3.41. The summed E-state index contributed by atoms with van der Waals surface area (Å²) in [5.41, 5.74) is 2.50. The highest BCUT2D eigenvalue weighted by atomic mass is 35.5. The summed E-state index contributed by atoms with van der Waals surface area (Å²) in [6, 6.07) is 7.88. The molecule has 2 aromatic heterocycles. The van der Waals surface area contributed by atoms with E-state index in [2.05, 4.69) is 37.8 Å². The normalized spacial score (nSPS) is 13.2. The minimum atomic E-state index is 0.249. The highest BCUT2D eigenvalue weighted by Gasteiger charge is 2.24. The number of aromatic nitrogens is 4. The van der Waals surface area contributed by atoms with Crippen molar-refractivity contribution in [2.24, 2.45) is 0 Å². The molecule has 0 saturated heterocycles. The van der Waals surface area contributed by atoms with Crippen LogP contribution in [0.2, 0.25) is 5.02 Å². The van der Waals surface area contributed by atoms with E-state index in [-0.39, 0.29) is 5.95 Å². The second-order valence-corrected chi connectivity index (χ2v) is 6.52. The van der Waals surface area contributed by atoms with Crippen molar-refractivity contribution in [1.29, 1.82) is 10.5 Å². The molecule has 4 rings (SSSR count). The minimum Gasteiger partial charge on any atom is -0.364 e. The van der Waals surface area contributed by atoms with Crippen LogP contribution in [0.5, 0.6) is 0 Å². The molecule has 9 heteroatoms. The lowest BCUT2D eigenvalue weighted by atomic mass is 10.1. The average molecular weight is 378 g/mol. The van der Waals surface area contributed by atoms with E-state index in [0.717, 1.165) is 18.4 Å². The van der Waals surface area contributed by atoms with Crippen LogP contribution < -0.4 is 10.6 Å². The molecule has 0 bridgehead atoms. The molecule has 0 unspecified atom stereocenters. The van der Waals surface area contributed by atoms with Crippen LogP contribution in [0.1, 0.15) is 36.6 Å². The molecule has 3 aromatic rings. The van der Waals surface area contributed by atoms with E-state index in [4.69, 9.17) is 11.6 Å². The van der Waals surface area contributed by atoms with E-state index in [1.54, 1.807) is 12.1 Å². The number of anilines is 3. The predicted molar refractivity (Wildman–Crippen MR) is 101 cm³/mol. The van der Waals surface area contributed by atoms with Crippen LogP contribution >= 0.6 is 11.6 Å². The van der Waals surface area contributed by atoms with Crippen LogP contribution in [0.3, 0.4) is 0 Å². The zero-order chi connectivity index (χ0) is 19.0. The maximum atomic E-state index is 9.30. The van der Waals surface area contributed by atoms with Crippen LogP contribution in [0.25, 0.3) is 5.65 Å². The molecular weight excluding hydrogens is 364 g/mol. The van der Waals surface area contributed by atoms with Crippen molar-refractivity contribution in [3.05, 3.63) is 46.6 Å². The summed E-state index contributed by atoms with van der Waals surface area (Å²) < 4.78 is 1.44. The molecule has 0 atom stereocenters. The molecule has 0 amide bonds. The molecular formula is C18H14ClN8. The van der Waals surface area contributed by atoms with Crippen molar-refractivity contribution >= 4 is 34.7 Å². The van der Waals surface area contributed by atoms with Crippen molar-refractivity contribution in [3.8, 4) is 12.1 Å². The van der Waals surface area contributed by atoms with Crippen molar-refractivity contribution in [2.45, 2.75) is 25.8 Å². The zero-order valence-corrected chi connectivity index (χ0v) is 15.1. The smallest absolute Gasteiger partial charge is 0.247 e. The van der Waals surface area contributed by atoms with Gasteiger partial charge in [0.25, 0.3) is 0 Å². The van der Waals surface area contributed by atoms with Gasteiger partial charge in [-0.3, -0.25) is 0 Å². The van der Waals surface area contributed by atoms with E-state index in [1.807, 2.05) is 13.3 Å². The fraction of sp³-hybridized carbons (Fsp3) is 0.222. The highest BCUT2D eigenvalue weighted by Crippen LogP contribution is 2.32. The van der Waals surface area contributed by atoms with E-state index in [1.165, 1.54) is 10.7 Å². The van der Waals surface area contributed by atoms with Gasteiger partial charge in [0.15, 0.2) is 17.2 Å². The number of halogens is 1. The molecule has 1 fully saturated rings. The van der Waals surface area contributed by atoms with Gasteiger partial charge in [0, 0.05) is 6.04 Å². The first-order chi connectivity index (χ1) is 13.1. The van der Waals surface area contributed by atoms with Gasteiger partial charge >= 0.3 is 0 Å². The molecule has 0 spiro atoms. The molecule has 1 aliphatic carbocycles. The van der Waals surface area contributed by atoms with E-state index in [9.17, 15) is 10.5 Å². The molecule has 2 N–H and O–H groups in total. The Bertz CT molecular complexity index is 1120. The average Bonchev–Trinajstić information content (AvgIpc) is 3.39. The van der Waals surface area contributed by atoms with Gasteiger partial charge in [0.1, 0.15) is 6.07 Å². The van der Waals surface area contributed by atoms with Crippen molar-refractivity contribution < 1.29 is 0 Å². The Kier molecular flexibility index (Phi) is 4.27. The van der Waals surface area contributed by atoms with Gasteiger partial charge < -0.3 is 10.6 Å². The van der Waals surface area contributed by atoms with Crippen molar-refractivity contribution in [2.75, 3.05) is 10.6 Å². The maximum Gasteiger partial charge on any atom is 0.247 e. The van der Waals surface area contributed by atoms with Crippen LogP contribution in [0.4, 0.5) is 17.5 Å². The Morgan fingerprint density at radius 1 is 1.30 bits per heavy atom. The van der Waals surface area contributed by atoms with Gasteiger partial charge in [-0.2, -0.15) is 20.0 Å². The first-order valence-corrected chi connectivity index (χ1v) is 8.73. The maximum absolute atomic E-state index is 9.30. The van der Waals surface area contributed by atoms with Crippen LogP contribution in [0, 0.1) is 29.1 Å². The van der Waals surface area contributed by atoms with E-state index in [0.29, 0.717) is 39.5 Å².